The molecule has 1 aromatic heterocycles. The van der Waals surface area contributed by atoms with E-state index in [4.69, 9.17) is 16.7 Å². The highest BCUT2D eigenvalue weighted by molar-refractivity contribution is 7.94. The van der Waals surface area contributed by atoms with Crippen molar-refractivity contribution in [2.24, 2.45) is 0 Å². The summed E-state index contributed by atoms with van der Waals surface area (Å²) in [6, 6.07) is 11.3. The van der Waals surface area contributed by atoms with Gasteiger partial charge in [0.05, 0.1) is 5.69 Å². The summed E-state index contributed by atoms with van der Waals surface area (Å²) < 4.78 is 27.4. The standard InChI is InChI=1S/C17H12ClNO6S2/c18-16-11(9-4-1-2-7-13(9)20)8-14(26-16)27(24,25)19-12-6-3-5-10(15(12)21)17(22)23/h1-8,19-21H,(H,22,23). The van der Waals surface area contributed by atoms with Crippen LogP contribution in [-0.2, 0) is 10.0 Å². The van der Waals surface area contributed by atoms with Crippen LogP contribution in [0, 0.1) is 0 Å². The SMILES string of the molecule is O=C(O)c1cccc(NS(=O)(=O)c2cc(-c3ccccc3O)c(Cl)s2)c1O. The number of aromatic hydroxyl groups is 2. The van der Waals surface area contributed by atoms with Gasteiger partial charge in [0, 0.05) is 11.1 Å². The number of carbonyl (C=O) groups is 1. The molecule has 27 heavy (non-hydrogen) atoms. The predicted octanol–water partition coefficient (Wildman–Crippen LogP) is 3.98. The van der Waals surface area contributed by atoms with Crippen molar-refractivity contribution in [3.8, 4) is 22.6 Å². The van der Waals surface area contributed by atoms with Gasteiger partial charge in [0.15, 0.2) is 5.75 Å². The van der Waals surface area contributed by atoms with Crippen LogP contribution in [0.15, 0.2) is 52.7 Å². The first-order valence-electron chi connectivity index (χ1n) is 7.36. The summed E-state index contributed by atoms with van der Waals surface area (Å²) in [5.74, 6) is -2.15. The number of phenols is 2. The van der Waals surface area contributed by atoms with Gasteiger partial charge in [-0.2, -0.15) is 0 Å². The van der Waals surface area contributed by atoms with Crippen molar-refractivity contribution in [3.63, 3.8) is 0 Å². The fourth-order valence-electron chi connectivity index (χ4n) is 2.36. The zero-order chi connectivity index (χ0) is 19.8. The number of anilines is 1. The number of carboxylic acids is 1. The molecule has 0 aliphatic rings. The van der Waals surface area contributed by atoms with Crippen molar-refractivity contribution < 1.29 is 28.5 Å². The minimum absolute atomic E-state index is 0.0547. The Morgan fingerprint density at radius 3 is 2.41 bits per heavy atom. The van der Waals surface area contributed by atoms with E-state index < -0.39 is 27.3 Å². The number of benzene rings is 2. The Kier molecular flexibility index (Phi) is 5.01. The number of hydrogen-bond donors (Lipinski definition) is 4. The van der Waals surface area contributed by atoms with E-state index >= 15 is 0 Å². The maximum absolute atomic E-state index is 12.6. The zero-order valence-electron chi connectivity index (χ0n) is 13.4. The van der Waals surface area contributed by atoms with E-state index in [0.717, 1.165) is 17.4 Å². The lowest BCUT2D eigenvalue weighted by atomic mass is 10.1. The smallest absolute Gasteiger partial charge is 0.339 e. The third kappa shape index (κ3) is 3.70. The van der Waals surface area contributed by atoms with E-state index in [1.807, 2.05) is 0 Å². The first-order chi connectivity index (χ1) is 12.7. The summed E-state index contributed by atoms with van der Waals surface area (Å²) in [6.45, 7) is 0. The number of halogens is 1. The molecular weight excluding hydrogens is 414 g/mol. The number of sulfonamides is 1. The number of aromatic carboxylic acids is 1. The molecule has 0 aliphatic carbocycles. The predicted molar refractivity (Wildman–Crippen MR) is 102 cm³/mol. The Morgan fingerprint density at radius 1 is 1.04 bits per heavy atom. The number of thiophene rings is 1. The fourth-order valence-corrected chi connectivity index (χ4v) is 5.18. The third-order valence-electron chi connectivity index (χ3n) is 3.63. The van der Waals surface area contributed by atoms with Gasteiger partial charge < -0.3 is 15.3 Å². The summed E-state index contributed by atoms with van der Waals surface area (Å²) in [7, 11) is -4.15. The van der Waals surface area contributed by atoms with Gasteiger partial charge in [0.25, 0.3) is 10.0 Å². The van der Waals surface area contributed by atoms with Crippen molar-refractivity contribution >= 4 is 44.6 Å². The van der Waals surface area contributed by atoms with Gasteiger partial charge in [-0.1, -0.05) is 35.9 Å². The molecule has 0 fully saturated rings. The number of hydrogen-bond acceptors (Lipinski definition) is 6. The Morgan fingerprint density at radius 2 is 1.74 bits per heavy atom. The van der Waals surface area contributed by atoms with E-state index in [2.05, 4.69) is 4.72 Å². The Hall–Kier alpha value is -2.75. The summed E-state index contributed by atoms with van der Waals surface area (Å²) in [5, 5.41) is 28.9. The lowest BCUT2D eigenvalue weighted by Gasteiger charge is -2.09. The molecular formula is C17H12ClNO6S2. The van der Waals surface area contributed by atoms with Crippen LogP contribution in [0.5, 0.6) is 11.5 Å². The van der Waals surface area contributed by atoms with Gasteiger partial charge in [0.1, 0.15) is 19.9 Å². The Balaban J connectivity index is 2.00. The second kappa shape index (κ2) is 7.10. The van der Waals surface area contributed by atoms with Crippen LogP contribution >= 0.6 is 22.9 Å². The molecule has 4 N–H and O–H groups in total. The van der Waals surface area contributed by atoms with Crippen molar-refractivity contribution in [1.29, 1.82) is 0 Å². The lowest BCUT2D eigenvalue weighted by Crippen LogP contribution is -2.12. The van der Waals surface area contributed by atoms with Crippen LogP contribution < -0.4 is 4.72 Å². The van der Waals surface area contributed by atoms with Crippen LogP contribution in [0.25, 0.3) is 11.1 Å². The number of carboxylic acid groups (broad SMARTS) is 1. The fraction of sp³-hybridized carbons (Fsp3) is 0. The van der Waals surface area contributed by atoms with Crippen molar-refractivity contribution in [1.82, 2.24) is 0 Å². The number of para-hydroxylation sites is 2. The quantitative estimate of drug-likeness (QED) is 0.458. The van der Waals surface area contributed by atoms with Crippen LogP contribution in [0.4, 0.5) is 5.69 Å². The van der Waals surface area contributed by atoms with Crippen molar-refractivity contribution in [2.75, 3.05) is 4.72 Å². The largest absolute Gasteiger partial charge is 0.507 e. The van der Waals surface area contributed by atoms with Gasteiger partial charge >= 0.3 is 5.97 Å². The lowest BCUT2D eigenvalue weighted by molar-refractivity contribution is 0.0694. The average Bonchev–Trinajstić information content (AvgIpc) is 2.99. The van der Waals surface area contributed by atoms with Crippen LogP contribution in [-0.4, -0.2) is 29.7 Å². The van der Waals surface area contributed by atoms with E-state index in [9.17, 15) is 23.4 Å². The molecule has 0 saturated heterocycles. The molecule has 3 rings (SSSR count). The van der Waals surface area contributed by atoms with Crippen molar-refractivity contribution in [2.45, 2.75) is 4.21 Å². The maximum atomic E-state index is 12.6. The normalized spacial score (nSPS) is 11.3. The summed E-state index contributed by atoms with van der Waals surface area (Å²) >= 11 is 6.91. The molecule has 7 nitrogen and oxygen atoms in total. The minimum atomic E-state index is -4.15. The number of rotatable bonds is 5. The number of phenolic OH excluding ortho intramolecular Hbond substituents is 1. The molecule has 0 unspecified atom stereocenters. The summed E-state index contributed by atoms with van der Waals surface area (Å²) in [4.78, 5) is 11.1. The number of nitrogens with one attached hydrogen (secondary N) is 1. The third-order valence-corrected chi connectivity index (χ3v) is 6.83. The highest BCUT2D eigenvalue weighted by Gasteiger charge is 2.24. The molecule has 0 bridgehead atoms. The molecule has 140 valence electrons. The van der Waals surface area contributed by atoms with Gasteiger partial charge in [-0.05, 0) is 24.3 Å². The van der Waals surface area contributed by atoms with Crippen molar-refractivity contribution in [3.05, 3.63) is 58.4 Å². The van der Waals surface area contributed by atoms with Gasteiger partial charge in [-0.25, -0.2) is 13.2 Å². The topological polar surface area (TPSA) is 124 Å². The molecule has 0 radical (unpaired) electrons. The monoisotopic (exact) mass is 425 g/mol. The first kappa shape index (κ1) is 19.0. The average molecular weight is 426 g/mol. The first-order valence-corrected chi connectivity index (χ1v) is 10.0. The van der Waals surface area contributed by atoms with Gasteiger partial charge in [-0.15, -0.1) is 11.3 Å². The zero-order valence-corrected chi connectivity index (χ0v) is 15.8. The van der Waals surface area contributed by atoms with E-state index in [1.54, 1.807) is 18.2 Å². The van der Waals surface area contributed by atoms with Gasteiger partial charge in [0.2, 0.25) is 0 Å². The molecule has 0 amide bonds. The summed E-state index contributed by atoms with van der Waals surface area (Å²) in [6.07, 6.45) is 0. The molecule has 0 saturated carbocycles. The minimum Gasteiger partial charge on any atom is -0.507 e. The molecule has 2 aromatic carbocycles. The van der Waals surface area contributed by atoms with Gasteiger partial charge in [-0.3, -0.25) is 4.72 Å². The van der Waals surface area contributed by atoms with Crippen LogP contribution in [0.2, 0.25) is 4.34 Å². The van der Waals surface area contributed by atoms with Crippen LogP contribution in [0.1, 0.15) is 10.4 Å². The van der Waals surface area contributed by atoms with E-state index in [1.165, 1.54) is 24.3 Å². The summed E-state index contributed by atoms with van der Waals surface area (Å²) in [5.41, 5.74) is -0.00240. The molecule has 0 spiro atoms. The Bertz CT molecular complexity index is 1140. The van der Waals surface area contributed by atoms with Crippen LogP contribution in [0.3, 0.4) is 0 Å². The molecule has 1 heterocycles. The molecule has 0 atom stereocenters. The molecule has 3 aromatic rings. The van der Waals surface area contributed by atoms with E-state index in [0.29, 0.717) is 11.1 Å². The molecule has 10 heteroatoms. The maximum Gasteiger partial charge on any atom is 0.339 e. The highest BCUT2D eigenvalue weighted by Crippen LogP contribution is 2.41. The molecule has 0 aliphatic heterocycles. The second-order valence-corrected chi connectivity index (χ2v) is 8.95. The van der Waals surface area contributed by atoms with E-state index in [-0.39, 0.29) is 20.0 Å². The highest BCUT2D eigenvalue weighted by atomic mass is 35.5. The Labute approximate surface area is 163 Å². The second-order valence-electron chi connectivity index (χ2n) is 5.38.